The molecule has 2 fully saturated rings. The number of aliphatic hydroxyl groups excluding tert-OH is 1. The molecule has 1 saturated heterocycles. The highest BCUT2D eigenvalue weighted by atomic mass is 16.4. The van der Waals surface area contributed by atoms with Crippen molar-refractivity contribution in [2.45, 2.75) is 57.2 Å². The first kappa shape index (κ1) is 25.0. The van der Waals surface area contributed by atoms with E-state index >= 15 is 0 Å². The van der Waals surface area contributed by atoms with E-state index in [9.17, 15) is 19.8 Å². The number of aliphatic hydroxyl groups is 1. The van der Waals surface area contributed by atoms with Crippen molar-refractivity contribution in [1.82, 2.24) is 19.4 Å². The molecule has 2 aliphatic rings. The maximum Gasteiger partial charge on any atom is 0.407 e. The van der Waals surface area contributed by atoms with Gasteiger partial charge in [0, 0.05) is 25.2 Å². The van der Waals surface area contributed by atoms with Crippen molar-refractivity contribution in [3.05, 3.63) is 77.7 Å². The first-order chi connectivity index (χ1) is 17.9. The van der Waals surface area contributed by atoms with E-state index in [2.05, 4.69) is 4.57 Å². The Labute approximate surface area is 217 Å². The Morgan fingerprint density at radius 3 is 2.32 bits per heavy atom. The van der Waals surface area contributed by atoms with Gasteiger partial charge in [0.2, 0.25) is 0 Å². The van der Waals surface area contributed by atoms with Gasteiger partial charge in [-0.2, -0.15) is 0 Å². The predicted octanol–water partition coefficient (Wildman–Crippen LogP) is 4.38. The van der Waals surface area contributed by atoms with Gasteiger partial charge in [0.05, 0.1) is 23.9 Å². The molecule has 5 rings (SSSR count). The van der Waals surface area contributed by atoms with Gasteiger partial charge in [0.25, 0.3) is 5.91 Å². The summed E-state index contributed by atoms with van der Waals surface area (Å²) in [7, 11) is 0. The Morgan fingerprint density at radius 2 is 1.65 bits per heavy atom. The average molecular weight is 503 g/mol. The lowest BCUT2D eigenvalue weighted by atomic mass is 9.91. The predicted molar refractivity (Wildman–Crippen MR) is 140 cm³/mol. The van der Waals surface area contributed by atoms with Crippen LogP contribution < -0.4 is 0 Å². The lowest BCUT2D eigenvalue weighted by molar-refractivity contribution is 0.0446. The largest absolute Gasteiger partial charge is 0.465 e. The second-order valence-electron chi connectivity index (χ2n) is 10.1. The fraction of sp³-hybridized carbons (Fsp3) is 0.414. The van der Waals surface area contributed by atoms with Crippen LogP contribution in [0.4, 0.5) is 4.79 Å². The molecule has 3 aromatic rings. The minimum Gasteiger partial charge on any atom is -0.465 e. The molecule has 8 nitrogen and oxygen atoms in total. The summed E-state index contributed by atoms with van der Waals surface area (Å²) in [4.78, 5) is 34.0. The molecule has 194 valence electrons. The molecular formula is C29H34N4O4. The van der Waals surface area contributed by atoms with Crippen molar-refractivity contribution in [1.29, 1.82) is 0 Å². The van der Waals surface area contributed by atoms with E-state index in [0.717, 1.165) is 42.5 Å². The summed E-state index contributed by atoms with van der Waals surface area (Å²) in [6, 6.07) is 19.2. The van der Waals surface area contributed by atoms with Gasteiger partial charge in [-0.05, 0) is 31.7 Å². The molecule has 0 bridgehead atoms. The molecule has 1 aromatic heterocycles. The maximum absolute atomic E-state index is 14.2. The van der Waals surface area contributed by atoms with Crippen LogP contribution in [-0.4, -0.2) is 73.3 Å². The summed E-state index contributed by atoms with van der Waals surface area (Å²) in [5.41, 5.74) is 3.03. The van der Waals surface area contributed by atoms with Crippen molar-refractivity contribution in [3.8, 4) is 11.3 Å². The number of hydrogen-bond donors (Lipinski definition) is 2. The number of carbonyl (C=O) groups excluding carboxylic acids is 1. The van der Waals surface area contributed by atoms with Crippen LogP contribution in [0.3, 0.4) is 0 Å². The lowest BCUT2D eigenvalue weighted by Crippen LogP contribution is -2.57. The summed E-state index contributed by atoms with van der Waals surface area (Å²) < 4.78 is 2.06. The van der Waals surface area contributed by atoms with Crippen LogP contribution >= 0.6 is 0 Å². The number of nitrogens with zero attached hydrogens (tertiary/aromatic N) is 4. The molecule has 0 spiro atoms. The molecule has 1 aliphatic heterocycles. The molecule has 0 radical (unpaired) electrons. The third-order valence-corrected chi connectivity index (χ3v) is 7.69. The minimum absolute atomic E-state index is 0.137. The van der Waals surface area contributed by atoms with Gasteiger partial charge < -0.3 is 24.6 Å². The van der Waals surface area contributed by atoms with Crippen molar-refractivity contribution in [2.24, 2.45) is 0 Å². The van der Waals surface area contributed by atoms with E-state index in [4.69, 9.17) is 4.98 Å². The van der Waals surface area contributed by atoms with E-state index in [1.165, 1.54) is 4.90 Å². The van der Waals surface area contributed by atoms with Crippen LogP contribution in [0.1, 0.15) is 53.6 Å². The van der Waals surface area contributed by atoms with Crippen LogP contribution in [0.2, 0.25) is 0 Å². The standard InChI is InChI=1S/C29H34N4O4/c1-20-30-26(27(22-12-6-3-7-13-22)33(20)24-14-8-9-15-25(24)34)28(35)32-17-16-31(29(36)37)19-23(32)18-21-10-4-2-5-11-21/h2-7,10-13,23-25,34H,8-9,14-19H2,1H3,(H,36,37)/t23-,24?,25?/m1/s1. The molecule has 2 N–H and O–H groups in total. The third-order valence-electron chi connectivity index (χ3n) is 7.69. The van der Waals surface area contributed by atoms with E-state index in [1.54, 1.807) is 4.90 Å². The molecule has 2 unspecified atom stereocenters. The summed E-state index contributed by atoms with van der Waals surface area (Å²) in [5, 5.41) is 20.5. The minimum atomic E-state index is -0.971. The number of piperazine rings is 1. The molecule has 37 heavy (non-hydrogen) atoms. The number of imidazole rings is 1. The topological polar surface area (TPSA) is 98.9 Å². The molecule has 2 aromatic carbocycles. The van der Waals surface area contributed by atoms with Gasteiger partial charge in [0.1, 0.15) is 5.82 Å². The number of aryl methyl sites for hydroxylation is 1. The number of carbonyl (C=O) groups is 2. The Balaban J connectivity index is 1.55. The van der Waals surface area contributed by atoms with Crippen LogP contribution in [0.15, 0.2) is 60.7 Å². The van der Waals surface area contributed by atoms with Crippen molar-refractivity contribution in [2.75, 3.05) is 19.6 Å². The fourth-order valence-electron chi connectivity index (χ4n) is 5.86. The van der Waals surface area contributed by atoms with Crippen LogP contribution in [0.5, 0.6) is 0 Å². The highest BCUT2D eigenvalue weighted by Gasteiger charge is 2.37. The zero-order valence-electron chi connectivity index (χ0n) is 21.2. The summed E-state index contributed by atoms with van der Waals surface area (Å²) in [6.45, 7) is 2.70. The summed E-state index contributed by atoms with van der Waals surface area (Å²) in [5.74, 6) is 0.508. The molecule has 2 amide bonds. The Hall–Kier alpha value is -3.65. The highest BCUT2D eigenvalue weighted by Crippen LogP contribution is 2.36. The second-order valence-corrected chi connectivity index (χ2v) is 10.1. The van der Waals surface area contributed by atoms with E-state index in [-0.39, 0.29) is 31.1 Å². The normalized spacial score (nSPS) is 22.2. The van der Waals surface area contributed by atoms with Crippen LogP contribution in [0.25, 0.3) is 11.3 Å². The zero-order valence-corrected chi connectivity index (χ0v) is 21.2. The summed E-state index contributed by atoms with van der Waals surface area (Å²) >= 11 is 0. The smallest absolute Gasteiger partial charge is 0.407 e. The number of aromatic nitrogens is 2. The number of rotatable bonds is 5. The third kappa shape index (κ3) is 5.11. The van der Waals surface area contributed by atoms with Gasteiger partial charge in [-0.25, -0.2) is 9.78 Å². The molecule has 2 heterocycles. The van der Waals surface area contributed by atoms with Gasteiger partial charge in [-0.15, -0.1) is 0 Å². The quantitative estimate of drug-likeness (QED) is 0.540. The highest BCUT2D eigenvalue weighted by molar-refractivity contribution is 5.99. The molecule has 8 heteroatoms. The van der Waals surface area contributed by atoms with E-state index < -0.39 is 12.2 Å². The van der Waals surface area contributed by atoms with Gasteiger partial charge in [-0.3, -0.25) is 4.79 Å². The molecular weight excluding hydrogens is 468 g/mol. The van der Waals surface area contributed by atoms with Crippen molar-refractivity contribution < 1.29 is 19.8 Å². The average Bonchev–Trinajstić information content (AvgIpc) is 3.26. The first-order valence-corrected chi connectivity index (χ1v) is 13.1. The number of hydrogen-bond acceptors (Lipinski definition) is 4. The summed E-state index contributed by atoms with van der Waals surface area (Å²) in [6.07, 6.45) is 2.67. The van der Waals surface area contributed by atoms with Crippen molar-refractivity contribution in [3.63, 3.8) is 0 Å². The fourth-order valence-corrected chi connectivity index (χ4v) is 5.86. The Kier molecular flexibility index (Phi) is 7.28. The van der Waals surface area contributed by atoms with E-state index in [0.29, 0.717) is 24.5 Å². The number of carboxylic acid groups (broad SMARTS) is 1. The lowest BCUT2D eigenvalue weighted by Gasteiger charge is -2.40. The van der Waals surface area contributed by atoms with Gasteiger partial charge in [0.15, 0.2) is 5.69 Å². The van der Waals surface area contributed by atoms with Gasteiger partial charge >= 0.3 is 6.09 Å². The Morgan fingerprint density at radius 1 is 0.973 bits per heavy atom. The molecule has 1 saturated carbocycles. The monoisotopic (exact) mass is 502 g/mol. The van der Waals surface area contributed by atoms with Crippen LogP contribution in [0, 0.1) is 6.92 Å². The number of amides is 2. The number of benzene rings is 2. The maximum atomic E-state index is 14.2. The molecule has 1 aliphatic carbocycles. The second kappa shape index (κ2) is 10.8. The van der Waals surface area contributed by atoms with Gasteiger partial charge in [-0.1, -0.05) is 73.5 Å². The van der Waals surface area contributed by atoms with E-state index in [1.807, 2.05) is 67.6 Å². The molecule has 3 atom stereocenters. The zero-order chi connectivity index (χ0) is 25.9. The van der Waals surface area contributed by atoms with Crippen LogP contribution in [-0.2, 0) is 6.42 Å². The van der Waals surface area contributed by atoms with Crippen molar-refractivity contribution >= 4 is 12.0 Å². The first-order valence-electron chi connectivity index (χ1n) is 13.1. The Bertz CT molecular complexity index is 1240. The SMILES string of the molecule is Cc1nc(C(=O)N2CCN(C(=O)O)C[C@H]2Cc2ccccc2)c(-c2ccccc2)n1C1CCCCC1O.